The van der Waals surface area contributed by atoms with Crippen molar-refractivity contribution >= 4 is 17.5 Å². The molecule has 1 heterocycles. The van der Waals surface area contributed by atoms with Crippen molar-refractivity contribution in [2.24, 2.45) is 11.7 Å². The van der Waals surface area contributed by atoms with Gasteiger partial charge in [-0.15, -0.1) is 0 Å². The summed E-state index contributed by atoms with van der Waals surface area (Å²) in [5.41, 5.74) is 6.04. The second-order valence-electron chi connectivity index (χ2n) is 5.61. The van der Waals surface area contributed by atoms with Crippen LogP contribution in [0, 0.1) is 5.92 Å². The largest absolute Gasteiger partial charge is 0.497 e. The number of rotatable bonds is 5. The third-order valence-corrected chi connectivity index (χ3v) is 4.20. The number of nitrogens with one attached hydrogen (secondary N) is 1. The van der Waals surface area contributed by atoms with Crippen molar-refractivity contribution < 1.29 is 14.3 Å². The van der Waals surface area contributed by atoms with Gasteiger partial charge in [-0.25, -0.2) is 0 Å². The molecular formula is C16H23N3O3. The van der Waals surface area contributed by atoms with E-state index in [2.05, 4.69) is 10.2 Å². The van der Waals surface area contributed by atoms with E-state index < -0.39 is 0 Å². The highest BCUT2D eigenvalue weighted by Gasteiger charge is 2.28. The minimum Gasteiger partial charge on any atom is -0.497 e. The highest BCUT2D eigenvalue weighted by Crippen LogP contribution is 2.20. The van der Waals surface area contributed by atoms with Crippen LogP contribution in [0.4, 0.5) is 5.69 Å². The molecule has 1 aromatic rings. The number of nitrogens with zero attached hydrogens (tertiary/aromatic N) is 1. The van der Waals surface area contributed by atoms with Gasteiger partial charge in [0.05, 0.1) is 13.2 Å². The number of ether oxygens (including phenoxy) is 1. The Hall–Kier alpha value is -2.08. The zero-order valence-corrected chi connectivity index (χ0v) is 13.0. The Morgan fingerprint density at radius 1 is 1.36 bits per heavy atom. The molecule has 0 aliphatic carbocycles. The number of carbonyl (C=O) groups excluding carboxylic acids is 2. The molecule has 0 saturated carbocycles. The number of primary amides is 1. The van der Waals surface area contributed by atoms with Gasteiger partial charge in [0.15, 0.2) is 0 Å². The normalized spacial score (nSPS) is 17.7. The summed E-state index contributed by atoms with van der Waals surface area (Å²) < 4.78 is 5.14. The minimum absolute atomic E-state index is 0.0641. The first-order valence-electron chi connectivity index (χ1n) is 7.49. The Morgan fingerprint density at radius 3 is 2.64 bits per heavy atom. The van der Waals surface area contributed by atoms with Crippen LogP contribution in [-0.2, 0) is 9.59 Å². The SMILES string of the molecule is COc1cccc(NC(=O)[C@@H](C)N2CCC(C(N)=O)CC2)c1. The van der Waals surface area contributed by atoms with Gasteiger partial charge in [-0.05, 0) is 45.0 Å². The van der Waals surface area contributed by atoms with E-state index in [9.17, 15) is 9.59 Å². The molecule has 0 bridgehead atoms. The number of carbonyl (C=O) groups is 2. The number of anilines is 1. The number of hydrogen-bond acceptors (Lipinski definition) is 4. The molecule has 1 aliphatic heterocycles. The lowest BCUT2D eigenvalue weighted by molar-refractivity contribution is -0.124. The molecule has 2 amide bonds. The molecular weight excluding hydrogens is 282 g/mol. The molecule has 22 heavy (non-hydrogen) atoms. The summed E-state index contributed by atoms with van der Waals surface area (Å²) in [6.45, 7) is 3.29. The van der Waals surface area contributed by atoms with E-state index in [1.54, 1.807) is 13.2 Å². The Kier molecular flexibility index (Phi) is 5.38. The van der Waals surface area contributed by atoms with Crippen LogP contribution >= 0.6 is 0 Å². The fourth-order valence-electron chi connectivity index (χ4n) is 2.68. The van der Waals surface area contributed by atoms with Crippen LogP contribution in [0.1, 0.15) is 19.8 Å². The monoisotopic (exact) mass is 305 g/mol. The second-order valence-corrected chi connectivity index (χ2v) is 5.61. The van der Waals surface area contributed by atoms with E-state index in [1.807, 2.05) is 25.1 Å². The number of hydrogen-bond donors (Lipinski definition) is 2. The van der Waals surface area contributed by atoms with E-state index >= 15 is 0 Å². The highest BCUT2D eigenvalue weighted by atomic mass is 16.5. The van der Waals surface area contributed by atoms with Gasteiger partial charge in [-0.3, -0.25) is 14.5 Å². The maximum atomic E-state index is 12.3. The lowest BCUT2D eigenvalue weighted by atomic mass is 9.95. The fourth-order valence-corrected chi connectivity index (χ4v) is 2.68. The Balaban J connectivity index is 1.91. The molecule has 3 N–H and O–H groups in total. The van der Waals surface area contributed by atoms with Crippen LogP contribution in [0.15, 0.2) is 24.3 Å². The van der Waals surface area contributed by atoms with Gasteiger partial charge in [0.25, 0.3) is 0 Å². The summed E-state index contributed by atoms with van der Waals surface area (Å²) in [5.74, 6) is 0.330. The van der Waals surface area contributed by atoms with Gasteiger partial charge in [0.2, 0.25) is 11.8 Å². The molecule has 1 aromatic carbocycles. The zero-order chi connectivity index (χ0) is 16.1. The van der Waals surface area contributed by atoms with Gasteiger partial charge >= 0.3 is 0 Å². The van der Waals surface area contributed by atoms with Crippen molar-refractivity contribution in [1.29, 1.82) is 0 Å². The third-order valence-electron chi connectivity index (χ3n) is 4.20. The molecule has 0 spiro atoms. The number of methoxy groups -OCH3 is 1. The van der Waals surface area contributed by atoms with Crippen LogP contribution in [0.25, 0.3) is 0 Å². The summed E-state index contributed by atoms with van der Waals surface area (Å²) in [5, 5.41) is 2.90. The summed E-state index contributed by atoms with van der Waals surface area (Å²) in [6, 6.07) is 7.02. The van der Waals surface area contributed by atoms with Gasteiger partial charge < -0.3 is 15.8 Å². The topological polar surface area (TPSA) is 84.7 Å². The third kappa shape index (κ3) is 3.98. The first kappa shape index (κ1) is 16.3. The van der Waals surface area contributed by atoms with Gasteiger partial charge in [-0.1, -0.05) is 6.07 Å². The van der Waals surface area contributed by atoms with Crippen molar-refractivity contribution in [3.63, 3.8) is 0 Å². The predicted octanol–water partition coefficient (Wildman–Crippen LogP) is 1.22. The molecule has 0 aromatic heterocycles. The quantitative estimate of drug-likeness (QED) is 0.856. The average molecular weight is 305 g/mol. The molecule has 2 rings (SSSR count). The number of likely N-dealkylation sites (tertiary alicyclic amines) is 1. The Morgan fingerprint density at radius 2 is 2.05 bits per heavy atom. The van der Waals surface area contributed by atoms with Gasteiger partial charge in [0.1, 0.15) is 5.75 Å². The van der Waals surface area contributed by atoms with Crippen LogP contribution in [0.2, 0.25) is 0 Å². The van der Waals surface area contributed by atoms with Crippen LogP contribution < -0.4 is 15.8 Å². The van der Waals surface area contributed by atoms with Crippen molar-refractivity contribution in [3.8, 4) is 5.75 Å². The molecule has 6 heteroatoms. The van der Waals surface area contributed by atoms with Gasteiger partial charge in [0, 0.05) is 17.7 Å². The van der Waals surface area contributed by atoms with E-state index in [4.69, 9.17) is 10.5 Å². The van der Waals surface area contributed by atoms with Crippen molar-refractivity contribution in [3.05, 3.63) is 24.3 Å². The molecule has 1 fully saturated rings. The van der Waals surface area contributed by atoms with Crippen molar-refractivity contribution in [1.82, 2.24) is 4.90 Å². The minimum atomic E-state index is -0.250. The Labute approximate surface area is 130 Å². The maximum Gasteiger partial charge on any atom is 0.241 e. The van der Waals surface area contributed by atoms with Crippen LogP contribution in [-0.4, -0.2) is 43.0 Å². The van der Waals surface area contributed by atoms with Gasteiger partial charge in [-0.2, -0.15) is 0 Å². The van der Waals surface area contributed by atoms with E-state index in [0.29, 0.717) is 37.4 Å². The average Bonchev–Trinajstić information content (AvgIpc) is 2.54. The highest BCUT2D eigenvalue weighted by molar-refractivity contribution is 5.94. The molecule has 0 unspecified atom stereocenters. The molecule has 0 radical (unpaired) electrons. The molecule has 1 aliphatic rings. The van der Waals surface area contributed by atoms with E-state index in [-0.39, 0.29) is 23.8 Å². The number of piperidine rings is 1. The summed E-state index contributed by atoms with van der Waals surface area (Å²) in [6.07, 6.45) is 1.43. The summed E-state index contributed by atoms with van der Waals surface area (Å²) in [4.78, 5) is 25.6. The lowest BCUT2D eigenvalue weighted by Gasteiger charge is -2.34. The molecule has 1 atom stereocenters. The van der Waals surface area contributed by atoms with Crippen molar-refractivity contribution in [2.75, 3.05) is 25.5 Å². The first-order chi connectivity index (χ1) is 10.5. The number of amides is 2. The van der Waals surface area contributed by atoms with Crippen LogP contribution in [0.5, 0.6) is 5.75 Å². The first-order valence-corrected chi connectivity index (χ1v) is 7.49. The summed E-state index contributed by atoms with van der Waals surface area (Å²) >= 11 is 0. The Bertz CT molecular complexity index is 539. The lowest BCUT2D eigenvalue weighted by Crippen LogP contribution is -2.47. The standard InChI is InChI=1S/C16H23N3O3/c1-11(19-8-6-12(7-9-19)15(17)20)16(21)18-13-4-3-5-14(10-13)22-2/h3-5,10-12H,6-9H2,1-2H3,(H2,17,20)(H,18,21)/t11-/m1/s1. The fraction of sp³-hybridized carbons (Fsp3) is 0.500. The van der Waals surface area contributed by atoms with E-state index in [1.165, 1.54) is 0 Å². The second kappa shape index (κ2) is 7.26. The smallest absolute Gasteiger partial charge is 0.241 e. The molecule has 120 valence electrons. The number of benzene rings is 1. The number of nitrogens with two attached hydrogens (primary N) is 1. The van der Waals surface area contributed by atoms with E-state index in [0.717, 1.165) is 0 Å². The van der Waals surface area contributed by atoms with Crippen molar-refractivity contribution in [2.45, 2.75) is 25.8 Å². The summed E-state index contributed by atoms with van der Waals surface area (Å²) in [7, 11) is 1.59. The molecule has 1 saturated heterocycles. The predicted molar refractivity (Wildman–Crippen MR) is 84.6 cm³/mol. The maximum absolute atomic E-state index is 12.3. The molecule has 6 nitrogen and oxygen atoms in total. The van der Waals surface area contributed by atoms with Crippen LogP contribution in [0.3, 0.4) is 0 Å². The zero-order valence-electron chi connectivity index (χ0n) is 13.0.